The maximum atomic E-state index is 13.2. The number of aliphatic hydroxyl groups excluding tert-OH is 1. The molecule has 0 spiro atoms. The van der Waals surface area contributed by atoms with Crippen LogP contribution in [0.1, 0.15) is 16.7 Å². The lowest BCUT2D eigenvalue weighted by Gasteiger charge is -2.35. The van der Waals surface area contributed by atoms with Gasteiger partial charge in [-0.25, -0.2) is 0 Å². The van der Waals surface area contributed by atoms with Crippen LogP contribution in [0.5, 0.6) is 5.75 Å². The Morgan fingerprint density at radius 3 is 2.34 bits per heavy atom. The molecule has 4 rings (SSSR count). The summed E-state index contributed by atoms with van der Waals surface area (Å²) in [6.07, 6.45) is -2.31. The summed E-state index contributed by atoms with van der Waals surface area (Å²) in [7, 11) is 1.59. The number of pyridine rings is 1. The summed E-state index contributed by atoms with van der Waals surface area (Å²) >= 11 is 0. The molecule has 0 radical (unpaired) electrons. The topological polar surface area (TPSA) is 54.7 Å². The molecule has 1 atom stereocenters. The van der Waals surface area contributed by atoms with Crippen LogP contribution in [0.2, 0.25) is 0 Å². The third kappa shape index (κ3) is 4.36. The molecule has 0 saturated heterocycles. The number of nitrogens with zero attached hydrogens (tertiary/aromatic N) is 2. The number of rotatable bonds is 5. The Labute approximate surface area is 183 Å². The standard InChI is InChI=1S/C24H23F3N2O3/c1-32-20-8-2-16(3-9-20)13-28-11-10-22-21(23(28)31)12-17(15-30)14-29(22)19-6-4-18(5-7-19)24(25,26)27/h2-11,17,30H,12-15H2,1H3. The normalized spacial score (nSPS) is 16.0. The van der Waals surface area contributed by atoms with E-state index in [1.54, 1.807) is 22.8 Å². The maximum Gasteiger partial charge on any atom is 0.416 e. The molecule has 1 unspecified atom stereocenters. The summed E-state index contributed by atoms with van der Waals surface area (Å²) in [5, 5.41) is 9.78. The number of hydrogen-bond donors (Lipinski definition) is 1. The Balaban J connectivity index is 1.68. The van der Waals surface area contributed by atoms with Crippen molar-refractivity contribution in [3.8, 4) is 5.75 Å². The minimum atomic E-state index is -4.42. The number of anilines is 2. The first-order valence-corrected chi connectivity index (χ1v) is 10.2. The van der Waals surface area contributed by atoms with Crippen LogP contribution in [0.25, 0.3) is 0 Å². The van der Waals surface area contributed by atoms with Crippen LogP contribution >= 0.6 is 0 Å². The largest absolute Gasteiger partial charge is 0.497 e. The first-order chi connectivity index (χ1) is 15.3. The Morgan fingerprint density at radius 2 is 1.75 bits per heavy atom. The Kier molecular flexibility index (Phi) is 5.97. The van der Waals surface area contributed by atoms with Crippen molar-refractivity contribution in [2.75, 3.05) is 25.2 Å². The van der Waals surface area contributed by atoms with Crippen molar-refractivity contribution in [1.29, 1.82) is 0 Å². The smallest absolute Gasteiger partial charge is 0.416 e. The highest BCUT2D eigenvalue weighted by Gasteiger charge is 2.31. The van der Waals surface area contributed by atoms with Gasteiger partial charge in [-0.15, -0.1) is 0 Å². The summed E-state index contributed by atoms with van der Waals surface area (Å²) in [4.78, 5) is 15.1. The van der Waals surface area contributed by atoms with Gasteiger partial charge in [0.1, 0.15) is 5.75 Å². The van der Waals surface area contributed by atoms with E-state index in [9.17, 15) is 23.1 Å². The van der Waals surface area contributed by atoms with Crippen molar-refractivity contribution in [1.82, 2.24) is 4.57 Å². The Bertz CT molecular complexity index is 1140. The molecule has 0 bridgehead atoms. The molecule has 2 aromatic carbocycles. The molecule has 32 heavy (non-hydrogen) atoms. The van der Waals surface area contributed by atoms with Crippen molar-refractivity contribution in [3.63, 3.8) is 0 Å². The quantitative estimate of drug-likeness (QED) is 0.640. The van der Waals surface area contributed by atoms with Gasteiger partial charge in [-0.05, 0) is 54.4 Å². The van der Waals surface area contributed by atoms with E-state index in [1.807, 2.05) is 30.3 Å². The van der Waals surface area contributed by atoms with E-state index < -0.39 is 11.7 Å². The molecule has 0 amide bonds. The number of methoxy groups -OCH3 is 1. The Morgan fingerprint density at radius 1 is 1.06 bits per heavy atom. The van der Waals surface area contributed by atoms with Crippen LogP contribution in [-0.4, -0.2) is 29.9 Å². The highest BCUT2D eigenvalue weighted by molar-refractivity contribution is 5.67. The molecule has 0 fully saturated rings. The van der Waals surface area contributed by atoms with Crippen LogP contribution in [0.3, 0.4) is 0 Å². The second kappa shape index (κ2) is 8.70. The first-order valence-electron chi connectivity index (χ1n) is 10.2. The van der Waals surface area contributed by atoms with Crippen molar-refractivity contribution in [2.45, 2.75) is 19.1 Å². The third-order valence-corrected chi connectivity index (χ3v) is 5.74. The Hall–Kier alpha value is -3.26. The van der Waals surface area contributed by atoms with Gasteiger partial charge in [0.05, 0.1) is 24.9 Å². The SMILES string of the molecule is COc1ccc(Cn2ccc3c(c2=O)CC(CO)CN3c2ccc(C(F)(F)F)cc2)cc1. The highest BCUT2D eigenvalue weighted by Crippen LogP contribution is 2.36. The molecule has 1 aromatic heterocycles. The minimum absolute atomic E-state index is 0.122. The number of hydrogen-bond acceptors (Lipinski definition) is 4. The second-order valence-corrected chi connectivity index (χ2v) is 7.87. The average molecular weight is 444 g/mol. The van der Waals surface area contributed by atoms with Gasteiger partial charge in [0.25, 0.3) is 5.56 Å². The average Bonchev–Trinajstić information content (AvgIpc) is 2.80. The summed E-state index contributed by atoms with van der Waals surface area (Å²) in [5.74, 6) is 0.527. The molecule has 0 saturated carbocycles. The molecule has 3 aromatic rings. The summed E-state index contributed by atoms with van der Waals surface area (Å²) in [6.45, 7) is 0.667. The van der Waals surface area contributed by atoms with E-state index in [2.05, 4.69) is 0 Å². The molecule has 2 heterocycles. The molecule has 0 aliphatic carbocycles. The van der Waals surface area contributed by atoms with Gasteiger partial charge in [-0.1, -0.05) is 12.1 Å². The van der Waals surface area contributed by atoms with Gasteiger partial charge < -0.3 is 19.3 Å². The number of halogens is 3. The molecular formula is C24H23F3N2O3. The van der Waals surface area contributed by atoms with E-state index >= 15 is 0 Å². The lowest BCUT2D eigenvalue weighted by Crippen LogP contribution is -2.38. The highest BCUT2D eigenvalue weighted by atomic mass is 19.4. The maximum absolute atomic E-state index is 13.2. The first kappa shape index (κ1) is 22.0. The van der Waals surface area contributed by atoms with Gasteiger partial charge >= 0.3 is 6.18 Å². The van der Waals surface area contributed by atoms with Crippen LogP contribution < -0.4 is 15.2 Å². The van der Waals surface area contributed by atoms with E-state index in [0.717, 1.165) is 23.4 Å². The zero-order valence-electron chi connectivity index (χ0n) is 17.5. The van der Waals surface area contributed by atoms with Crippen LogP contribution in [0.4, 0.5) is 24.5 Å². The number of aliphatic hydroxyl groups is 1. The van der Waals surface area contributed by atoms with Gasteiger partial charge in [0.15, 0.2) is 0 Å². The summed E-state index contributed by atoms with van der Waals surface area (Å²) in [6, 6.07) is 14.1. The van der Waals surface area contributed by atoms with Gasteiger partial charge in [-0.3, -0.25) is 4.79 Å². The zero-order chi connectivity index (χ0) is 22.9. The fourth-order valence-electron chi connectivity index (χ4n) is 4.02. The predicted octanol–water partition coefficient (Wildman–Crippen LogP) is 4.23. The van der Waals surface area contributed by atoms with Crippen molar-refractivity contribution >= 4 is 11.4 Å². The summed E-state index contributed by atoms with van der Waals surface area (Å²) < 4.78 is 45.6. The van der Waals surface area contributed by atoms with E-state index in [4.69, 9.17) is 4.74 Å². The van der Waals surface area contributed by atoms with E-state index in [-0.39, 0.29) is 18.1 Å². The fraction of sp³-hybridized carbons (Fsp3) is 0.292. The number of benzene rings is 2. The number of alkyl halides is 3. The third-order valence-electron chi connectivity index (χ3n) is 5.74. The lowest BCUT2D eigenvalue weighted by atomic mass is 9.93. The molecule has 168 valence electrons. The van der Waals surface area contributed by atoms with Gasteiger partial charge in [0, 0.05) is 36.5 Å². The zero-order valence-corrected chi connectivity index (χ0v) is 17.5. The minimum Gasteiger partial charge on any atom is -0.497 e. The summed E-state index contributed by atoms with van der Waals surface area (Å²) in [5.41, 5.74) is 1.78. The van der Waals surface area contributed by atoms with Crippen LogP contribution in [0, 0.1) is 5.92 Å². The lowest BCUT2D eigenvalue weighted by molar-refractivity contribution is -0.137. The molecule has 5 nitrogen and oxygen atoms in total. The van der Waals surface area contributed by atoms with Gasteiger partial charge in [-0.2, -0.15) is 13.2 Å². The van der Waals surface area contributed by atoms with Crippen LogP contribution in [-0.2, 0) is 19.1 Å². The molecule has 8 heteroatoms. The van der Waals surface area contributed by atoms with Crippen molar-refractivity contribution in [2.24, 2.45) is 5.92 Å². The van der Waals surface area contributed by atoms with Crippen LogP contribution in [0.15, 0.2) is 65.6 Å². The van der Waals surface area contributed by atoms with Crippen molar-refractivity contribution in [3.05, 3.63) is 87.8 Å². The second-order valence-electron chi connectivity index (χ2n) is 7.87. The number of fused-ring (bicyclic) bond motifs is 1. The number of ether oxygens (including phenoxy) is 1. The molecule has 1 N–H and O–H groups in total. The monoisotopic (exact) mass is 444 g/mol. The van der Waals surface area contributed by atoms with E-state index in [1.165, 1.54) is 12.1 Å². The molecule has 1 aliphatic heterocycles. The van der Waals surface area contributed by atoms with E-state index in [0.29, 0.717) is 36.4 Å². The molecular weight excluding hydrogens is 421 g/mol. The molecule has 1 aliphatic rings. The van der Waals surface area contributed by atoms with Gasteiger partial charge in [0.2, 0.25) is 0 Å². The fourth-order valence-corrected chi connectivity index (χ4v) is 4.02. The van der Waals surface area contributed by atoms with Crippen molar-refractivity contribution < 1.29 is 23.0 Å². The predicted molar refractivity (Wildman–Crippen MR) is 116 cm³/mol. The number of aromatic nitrogens is 1.